The van der Waals surface area contributed by atoms with E-state index in [1.807, 2.05) is 0 Å². The van der Waals surface area contributed by atoms with Gasteiger partial charge in [0.05, 0.1) is 0 Å². The maximum absolute atomic E-state index is 13.0. The Bertz CT molecular complexity index is 491. The predicted molar refractivity (Wildman–Crippen MR) is 76.2 cm³/mol. The molecule has 0 saturated heterocycles. The number of carbonyl (C=O) groups excluding carboxylic acids is 1. The molecule has 2 heteroatoms. The van der Waals surface area contributed by atoms with Gasteiger partial charge in [0.25, 0.3) is 0 Å². The lowest BCUT2D eigenvalue weighted by atomic mass is 9.70. The van der Waals surface area contributed by atoms with Gasteiger partial charge in [0.15, 0.2) is 0 Å². The van der Waals surface area contributed by atoms with Gasteiger partial charge in [-0.25, -0.2) is 4.39 Å². The molecule has 0 aliphatic heterocycles. The van der Waals surface area contributed by atoms with Crippen LogP contribution in [0.4, 0.5) is 4.39 Å². The Balaban J connectivity index is 2.32. The molecular weight excluding hydrogens is 239 g/mol. The number of hydrogen-bond acceptors (Lipinski definition) is 1. The third-order valence-corrected chi connectivity index (χ3v) is 4.16. The van der Waals surface area contributed by atoms with Crippen molar-refractivity contribution in [3.05, 3.63) is 41.2 Å². The monoisotopic (exact) mass is 260 g/mol. The SMILES string of the molecule is CC(C)(C)C1CCC(c2ccc(F)cc2)=C(C=O)C1. The Hall–Kier alpha value is -1.44. The molecule has 0 saturated carbocycles. The second-order valence-corrected chi connectivity index (χ2v) is 6.43. The summed E-state index contributed by atoms with van der Waals surface area (Å²) in [5.74, 6) is 0.303. The van der Waals surface area contributed by atoms with Crippen molar-refractivity contribution in [1.82, 2.24) is 0 Å². The molecule has 19 heavy (non-hydrogen) atoms. The van der Waals surface area contributed by atoms with Crippen LogP contribution in [0.1, 0.15) is 45.6 Å². The van der Waals surface area contributed by atoms with Gasteiger partial charge in [-0.2, -0.15) is 0 Å². The van der Waals surface area contributed by atoms with Gasteiger partial charge in [-0.1, -0.05) is 32.9 Å². The molecule has 2 rings (SSSR count). The number of allylic oxidation sites excluding steroid dienone is 2. The molecule has 1 unspecified atom stereocenters. The van der Waals surface area contributed by atoms with Crippen molar-refractivity contribution < 1.29 is 9.18 Å². The van der Waals surface area contributed by atoms with E-state index < -0.39 is 0 Å². The molecule has 0 heterocycles. The van der Waals surface area contributed by atoms with Gasteiger partial charge in [0.2, 0.25) is 0 Å². The third kappa shape index (κ3) is 3.12. The molecule has 1 aliphatic carbocycles. The fourth-order valence-electron chi connectivity index (χ4n) is 2.81. The van der Waals surface area contributed by atoms with E-state index in [-0.39, 0.29) is 11.2 Å². The van der Waals surface area contributed by atoms with Crippen LogP contribution in [0.25, 0.3) is 5.57 Å². The van der Waals surface area contributed by atoms with Crippen LogP contribution in [0.3, 0.4) is 0 Å². The molecule has 1 nitrogen and oxygen atoms in total. The Kier molecular flexibility index (Phi) is 3.88. The first-order valence-corrected chi connectivity index (χ1v) is 6.85. The minimum Gasteiger partial charge on any atom is -0.298 e. The second-order valence-electron chi connectivity index (χ2n) is 6.43. The predicted octanol–water partition coefficient (Wildman–Crippen LogP) is 4.62. The van der Waals surface area contributed by atoms with Crippen molar-refractivity contribution in [2.45, 2.75) is 40.0 Å². The molecule has 1 atom stereocenters. The summed E-state index contributed by atoms with van der Waals surface area (Å²) in [5, 5.41) is 0. The minimum atomic E-state index is -0.236. The highest BCUT2D eigenvalue weighted by Crippen LogP contribution is 2.42. The minimum absolute atomic E-state index is 0.225. The zero-order chi connectivity index (χ0) is 14.0. The van der Waals surface area contributed by atoms with E-state index in [2.05, 4.69) is 20.8 Å². The molecule has 102 valence electrons. The van der Waals surface area contributed by atoms with Crippen LogP contribution in [0.5, 0.6) is 0 Å². The van der Waals surface area contributed by atoms with Crippen LogP contribution >= 0.6 is 0 Å². The topological polar surface area (TPSA) is 17.1 Å². The summed E-state index contributed by atoms with van der Waals surface area (Å²) in [4.78, 5) is 11.4. The summed E-state index contributed by atoms with van der Waals surface area (Å²) >= 11 is 0. The maximum atomic E-state index is 13.0. The number of carbonyl (C=O) groups is 1. The lowest BCUT2D eigenvalue weighted by Crippen LogP contribution is -2.24. The van der Waals surface area contributed by atoms with Gasteiger partial charge in [0, 0.05) is 0 Å². The van der Waals surface area contributed by atoms with Crippen LogP contribution < -0.4 is 0 Å². The lowest BCUT2D eigenvalue weighted by Gasteiger charge is -2.35. The van der Waals surface area contributed by atoms with Gasteiger partial charge < -0.3 is 0 Å². The number of halogens is 1. The second kappa shape index (κ2) is 5.28. The van der Waals surface area contributed by atoms with Crippen molar-refractivity contribution in [2.24, 2.45) is 11.3 Å². The van der Waals surface area contributed by atoms with Gasteiger partial charge in [0.1, 0.15) is 12.1 Å². The molecule has 0 spiro atoms. The maximum Gasteiger partial charge on any atom is 0.146 e. The highest BCUT2D eigenvalue weighted by atomic mass is 19.1. The largest absolute Gasteiger partial charge is 0.298 e. The molecule has 0 fully saturated rings. The Labute approximate surface area is 114 Å². The van der Waals surface area contributed by atoms with Gasteiger partial charge in [-0.05, 0) is 59.4 Å². The molecule has 0 amide bonds. The van der Waals surface area contributed by atoms with E-state index in [0.29, 0.717) is 5.92 Å². The van der Waals surface area contributed by atoms with E-state index in [1.54, 1.807) is 12.1 Å². The standard InChI is InChI=1S/C17H21FO/c1-17(2,3)14-6-9-16(13(10-14)11-19)12-4-7-15(18)8-5-12/h4-5,7-8,11,14H,6,9-10H2,1-3H3. The summed E-state index contributed by atoms with van der Waals surface area (Å²) in [6.07, 6.45) is 3.81. The smallest absolute Gasteiger partial charge is 0.146 e. The zero-order valence-electron chi connectivity index (χ0n) is 11.9. The Morgan fingerprint density at radius 3 is 2.37 bits per heavy atom. The van der Waals surface area contributed by atoms with Crippen LogP contribution in [0.2, 0.25) is 0 Å². The van der Waals surface area contributed by atoms with E-state index in [9.17, 15) is 9.18 Å². The average molecular weight is 260 g/mol. The molecule has 0 bridgehead atoms. The normalized spacial score (nSPS) is 20.5. The zero-order valence-corrected chi connectivity index (χ0v) is 11.9. The summed E-state index contributed by atoms with van der Waals surface area (Å²) in [6, 6.07) is 6.46. The Morgan fingerprint density at radius 1 is 1.21 bits per heavy atom. The average Bonchev–Trinajstić information content (AvgIpc) is 2.38. The van der Waals surface area contributed by atoms with E-state index >= 15 is 0 Å². The molecule has 1 aliphatic rings. The number of benzene rings is 1. The molecule has 0 radical (unpaired) electrons. The van der Waals surface area contributed by atoms with Crippen LogP contribution in [-0.2, 0) is 4.79 Å². The summed E-state index contributed by atoms with van der Waals surface area (Å²) < 4.78 is 13.0. The highest BCUT2D eigenvalue weighted by Gasteiger charge is 2.30. The first-order chi connectivity index (χ1) is 8.91. The lowest BCUT2D eigenvalue weighted by molar-refractivity contribution is -0.105. The van der Waals surface area contributed by atoms with Gasteiger partial charge in [-0.3, -0.25) is 4.79 Å². The number of rotatable bonds is 2. The third-order valence-electron chi connectivity index (χ3n) is 4.16. The van der Waals surface area contributed by atoms with Crippen LogP contribution in [0, 0.1) is 17.2 Å². The molecular formula is C17H21FO. The quantitative estimate of drug-likeness (QED) is 0.709. The first kappa shape index (κ1) is 14.0. The van der Waals surface area contributed by atoms with E-state index in [4.69, 9.17) is 0 Å². The van der Waals surface area contributed by atoms with Crippen molar-refractivity contribution in [3.63, 3.8) is 0 Å². The fraction of sp³-hybridized carbons (Fsp3) is 0.471. The number of hydrogen-bond donors (Lipinski definition) is 0. The molecule has 0 N–H and O–H groups in total. The van der Waals surface area contributed by atoms with Crippen molar-refractivity contribution in [2.75, 3.05) is 0 Å². The van der Waals surface area contributed by atoms with Gasteiger partial charge in [-0.15, -0.1) is 0 Å². The van der Waals surface area contributed by atoms with Crippen molar-refractivity contribution in [3.8, 4) is 0 Å². The summed E-state index contributed by atoms with van der Waals surface area (Å²) in [7, 11) is 0. The highest BCUT2D eigenvalue weighted by molar-refractivity contribution is 5.88. The van der Waals surface area contributed by atoms with E-state index in [0.717, 1.165) is 42.3 Å². The van der Waals surface area contributed by atoms with Crippen molar-refractivity contribution in [1.29, 1.82) is 0 Å². The fourth-order valence-corrected chi connectivity index (χ4v) is 2.81. The molecule has 1 aromatic carbocycles. The Morgan fingerprint density at radius 2 is 1.84 bits per heavy atom. The van der Waals surface area contributed by atoms with Crippen LogP contribution in [-0.4, -0.2) is 6.29 Å². The summed E-state index contributed by atoms with van der Waals surface area (Å²) in [6.45, 7) is 6.68. The van der Waals surface area contributed by atoms with Crippen LogP contribution in [0.15, 0.2) is 29.8 Å². The summed E-state index contributed by atoms with van der Waals surface area (Å²) in [5.41, 5.74) is 3.19. The molecule has 1 aromatic rings. The number of aldehydes is 1. The van der Waals surface area contributed by atoms with Crippen molar-refractivity contribution >= 4 is 11.9 Å². The first-order valence-electron chi connectivity index (χ1n) is 6.85. The molecule has 0 aromatic heterocycles. The van der Waals surface area contributed by atoms with E-state index in [1.165, 1.54) is 12.1 Å². The van der Waals surface area contributed by atoms with Gasteiger partial charge >= 0.3 is 0 Å².